The van der Waals surface area contributed by atoms with Crippen molar-refractivity contribution >= 4 is 33.1 Å². The molecule has 0 fully saturated rings. The maximum Gasteiger partial charge on any atom is 0.279 e. The molecule has 0 saturated carbocycles. The highest BCUT2D eigenvalue weighted by Crippen LogP contribution is 2.34. The summed E-state index contributed by atoms with van der Waals surface area (Å²) >= 11 is 1.45. The largest absolute Gasteiger partial charge is 0.491 e. The van der Waals surface area contributed by atoms with Crippen molar-refractivity contribution in [3.8, 4) is 5.75 Å². The predicted molar refractivity (Wildman–Crippen MR) is 126 cm³/mol. The average Bonchev–Trinajstić information content (AvgIpc) is 3.13. The van der Waals surface area contributed by atoms with Gasteiger partial charge in [-0.25, -0.2) is 5.53 Å². The number of carbonyl (C=O) groups is 1. The first-order chi connectivity index (χ1) is 15.2. The Labute approximate surface area is 187 Å². The first kappa shape index (κ1) is 22.9. The van der Waals surface area contributed by atoms with Gasteiger partial charge < -0.3 is 9.30 Å². The maximum atomic E-state index is 12.7. The van der Waals surface area contributed by atoms with Crippen molar-refractivity contribution in [3.05, 3.63) is 52.8 Å². The Kier molecular flexibility index (Phi) is 8.53. The first-order valence-electron chi connectivity index (χ1n) is 11.0. The summed E-state index contributed by atoms with van der Waals surface area (Å²) in [6, 6.07) is 12.9. The Hall–Kier alpha value is -2.80. The van der Waals surface area contributed by atoms with Gasteiger partial charge in [-0.2, -0.15) is 10.1 Å². The number of aryl methyl sites for hydroxylation is 1. The Morgan fingerprint density at radius 3 is 2.55 bits per heavy atom. The summed E-state index contributed by atoms with van der Waals surface area (Å²) in [7, 11) is 0. The lowest BCUT2D eigenvalue weighted by atomic mass is 10.2. The van der Waals surface area contributed by atoms with Crippen molar-refractivity contribution in [1.82, 2.24) is 4.57 Å². The number of hydrogen-bond donors (Lipinski definition) is 1. The molecule has 2 aromatic carbocycles. The molecule has 0 aliphatic carbocycles. The van der Waals surface area contributed by atoms with Gasteiger partial charge in [0, 0.05) is 18.2 Å². The van der Waals surface area contributed by atoms with E-state index in [0.717, 1.165) is 42.4 Å². The molecule has 164 valence electrons. The SMILES string of the molecule is CCCCCCOc1cc2c(cc1N=N)sc(=NC(=O)c1ccccc1)n2CCCC. The van der Waals surface area contributed by atoms with Gasteiger partial charge in [0.15, 0.2) is 4.80 Å². The number of carbonyl (C=O) groups excluding carboxylic acids is 1. The lowest BCUT2D eigenvalue weighted by molar-refractivity contribution is 0.0998. The van der Waals surface area contributed by atoms with Gasteiger partial charge in [0.25, 0.3) is 5.91 Å². The molecule has 31 heavy (non-hydrogen) atoms. The number of benzene rings is 2. The van der Waals surface area contributed by atoms with Crippen LogP contribution >= 0.6 is 11.3 Å². The molecule has 3 aromatic rings. The number of fused-ring (bicyclic) bond motifs is 1. The van der Waals surface area contributed by atoms with Gasteiger partial charge in [0.2, 0.25) is 0 Å². The monoisotopic (exact) mass is 438 g/mol. The van der Waals surface area contributed by atoms with Crippen molar-refractivity contribution in [2.75, 3.05) is 6.61 Å². The van der Waals surface area contributed by atoms with Gasteiger partial charge in [-0.05, 0) is 31.0 Å². The quantitative estimate of drug-likeness (QED) is 0.262. The highest BCUT2D eigenvalue weighted by atomic mass is 32.1. The summed E-state index contributed by atoms with van der Waals surface area (Å²) < 4.78 is 9.01. The van der Waals surface area contributed by atoms with E-state index >= 15 is 0 Å². The molecule has 6 nitrogen and oxygen atoms in total. The second kappa shape index (κ2) is 11.6. The second-order valence-electron chi connectivity index (χ2n) is 7.48. The molecule has 7 heteroatoms. The summed E-state index contributed by atoms with van der Waals surface area (Å²) in [4.78, 5) is 17.8. The molecule has 1 N–H and O–H groups in total. The van der Waals surface area contributed by atoms with Gasteiger partial charge in [0.1, 0.15) is 11.4 Å². The van der Waals surface area contributed by atoms with Crippen molar-refractivity contribution in [2.24, 2.45) is 10.1 Å². The fraction of sp³-hybridized carbons (Fsp3) is 0.417. The smallest absolute Gasteiger partial charge is 0.279 e. The molecule has 0 radical (unpaired) electrons. The van der Waals surface area contributed by atoms with Crippen molar-refractivity contribution in [3.63, 3.8) is 0 Å². The lowest BCUT2D eigenvalue weighted by Gasteiger charge is -2.10. The minimum atomic E-state index is -0.254. The van der Waals surface area contributed by atoms with Crippen LogP contribution in [0.15, 0.2) is 52.6 Å². The molecule has 0 saturated heterocycles. The Balaban J connectivity index is 2.00. The average molecular weight is 439 g/mol. The van der Waals surface area contributed by atoms with Crippen LogP contribution in [-0.4, -0.2) is 17.1 Å². The van der Waals surface area contributed by atoms with Crippen LogP contribution in [0.3, 0.4) is 0 Å². The van der Waals surface area contributed by atoms with Crippen LogP contribution in [0.1, 0.15) is 62.7 Å². The third-order valence-electron chi connectivity index (χ3n) is 5.09. The highest BCUT2D eigenvalue weighted by molar-refractivity contribution is 7.16. The van der Waals surface area contributed by atoms with Gasteiger partial charge in [-0.3, -0.25) is 4.79 Å². The number of hydrogen-bond acceptors (Lipinski definition) is 5. The number of amides is 1. The molecule has 0 aliphatic heterocycles. The van der Waals surface area contributed by atoms with Crippen LogP contribution in [0, 0.1) is 5.53 Å². The van der Waals surface area contributed by atoms with E-state index in [1.807, 2.05) is 30.3 Å². The van der Waals surface area contributed by atoms with Gasteiger partial charge in [-0.15, -0.1) is 0 Å². The summed E-state index contributed by atoms with van der Waals surface area (Å²) in [6.07, 6.45) is 6.51. The second-order valence-corrected chi connectivity index (χ2v) is 8.49. The molecule has 1 heterocycles. The van der Waals surface area contributed by atoms with Crippen LogP contribution in [-0.2, 0) is 6.54 Å². The number of nitrogens with zero attached hydrogens (tertiary/aromatic N) is 3. The predicted octanol–water partition coefficient (Wildman–Crippen LogP) is 6.87. The van der Waals surface area contributed by atoms with Crippen LogP contribution in [0.2, 0.25) is 0 Å². The number of ether oxygens (including phenoxy) is 1. The first-order valence-corrected chi connectivity index (χ1v) is 11.8. The molecule has 0 bridgehead atoms. The van der Waals surface area contributed by atoms with E-state index < -0.39 is 0 Å². The topological polar surface area (TPSA) is 79.8 Å². The van der Waals surface area contributed by atoms with E-state index in [4.69, 9.17) is 10.3 Å². The van der Waals surface area contributed by atoms with E-state index in [9.17, 15) is 4.79 Å². The van der Waals surface area contributed by atoms with Crippen molar-refractivity contribution in [1.29, 1.82) is 5.53 Å². The fourth-order valence-electron chi connectivity index (χ4n) is 3.35. The standard InChI is InChI=1S/C24H30N4O2S/c1-3-5-7-11-15-30-21-17-20-22(16-19(21)27-25)31-24(28(20)14-6-4-2)26-23(29)18-12-9-8-10-13-18/h8-10,12-13,16-17,25H,3-7,11,14-15H2,1-2H3. The molecule has 1 amide bonds. The normalized spacial score (nSPS) is 11.7. The van der Waals surface area contributed by atoms with Crippen LogP contribution in [0.5, 0.6) is 5.75 Å². The van der Waals surface area contributed by atoms with E-state index in [2.05, 4.69) is 28.5 Å². The minimum Gasteiger partial charge on any atom is -0.491 e. The van der Waals surface area contributed by atoms with E-state index in [0.29, 0.717) is 28.4 Å². The van der Waals surface area contributed by atoms with Crippen LogP contribution in [0.25, 0.3) is 10.2 Å². The van der Waals surface area contributed by atoms with E-state index in [1.165, 1.54) is 24.2 Å². The Bertz CT molecular complexity index is 1090. The Morgan fingerprint density at radius 2 is 1.84 bits per heavy atom. The van der Waals surface area contributed by atoms with Gasteiger partial charge >= 0.3 is 0 Å². The zero-order valence-electron chi connectivity index (χ0n) is 18.3. The third kappa shape index (κ3) is 5.88. The number of aromatic nitrogens is 1. The molecule has 0 spiro atoms. The molecule has 1 aromatic heterocycles. The molecule has 0 atom stereocenters. The Morgan fingerprint density at radius 1 is 1.06 bits per heavy atom. The van der Waals surface area contributed by atoms with E-state index in [1.54, 1.807) is 12.1 Å². The minimum absolute atomic E-state index is 0.254. The zero-order valence-corrected chi connectivity index (χ0v) is 19.1. The molecule has 0 unspecified atom stereocenters. The lowest BCUT2D eigenvalue weighted by Crippen LogP contribution is -2.17. The number of unbranched alkanes of at least 4 members (excludes halogenated alkanes) is 4. The fourth-order valence-corrected chi connectivity index (χ4v) is 4.42. The molecule has 3 rings (SSSR count). The molecular weight excluding hydrogens is 408 g/mol. The molecular formula is C24H30N4O2S. The summed E-state index contributed by atoms with van der Waals surface area (Å²) in [6.45, 7) is 5.70. The van der Waals surface area contributed by atoms with E-state index in [-0.39, 0.29) is 5.91 Å². The third-order valence-corrected chi connectivity index (χ3v) is 6.13. The maximum absolute atomic E-state index is 12.7. The number of thiazole rings is 1. The summed E-state index contributed by atoms with van der Waals surface area (Å²) in [5, 5.41) is 3.67. The number of rotatable bonds is 11. The highest BCUT2D eigenvalue weighted by Gasteiger charge is 2.14. The summed E-state index contributed by atoms with van der Waals surface area (Å²) in [5.41, 5.74) is 9.61. The molecule has 0 aliphatic rings. The summed E-state index contributed by atoms with van der Waals surface area (Å²) in [5.74, 6) is 0.359. The van der Waals surface area contributed by atoms with Crippen molar-refractivity contribution < 1.29 is 9.53 Å². The van der Waals surface area contributed by atoms with Crippen LogP contribution < -0.4 is 9.54 Å². The van der Waals surface area contributed by atoms with Crippen molar-refractivity contribution in [2.45, 2.75) is 58.9 Å². The van der Waals surface area contributed by atoms with Crippen LogP contribution in [0.4, 0.5) is 5.69 Å². The van der Waals surface area contributed by atoms with Gasteiger partial charge in [-0.1, -0.05) is 69.1 Å². The van der Waals surface area contributed by atoms with Gasteiger partial charge in [0.05, 0.1) is 16.8 Å². The number of nitrogens with one attached hydrogen (secondary N) is 1. The zero-order chi connectivity index (χ0) is 22.1.